The van der Waals surface area contributed by atoms with Crippen molar-refractivity contribution in [1.29, 1.82) is 0 Å². The van der Waals surface area contributed by atoms with Crippen molar-refractivity contribution in [2.45, 2.75) is 39.2 Å². The molecular weight excluding hydrogens is 234 g/mol. The molecule has 3 nitrogen and oxygen atoms in total. The molecule has 2 rings (SSSR count). The van der Waals surface area contributed by atoms with Crippen LogP contribution in [0.25, 0.3) is 0 Å². The summed E-state index contributed by atoms with van der Waals surface area (Å²) in [6.07, 6.45) is 6.00. The summed E-state index contributed by atoms with van der Waals surface area (Å²) in [5.74, 6) is 0.555. The Balaban J connectivity index is 2.10. The Kier molecular flexibility index (Phi) is 4.74. The topological polar surface area (TPSA) is 43.8 Å². The van der Waals surface area contributed by atoms with Crippen LogP contribution in [0.4, 0.5) is 0 Å². The van der Waals surface area contributed by atoms with Crippen LogP contribution in [0, 0.1) is 0 Å². The van der Waals surface area contributed by atoms with Crippen molar-refractivity contribution in [1.82, 2.24) is 9.55 Å². The molecule has 0 aliphatic rings. The van der Waals surface area contributed by atoms with E-state index < -0.39 is 0 Å². The molecule has 0 saturated carbocycles. The largest absolute Gasteiger partial charge is 0.330 e. The average molecular weight is 257 g/mol. The van der Waals surface area contributed by atoms with Gasteiger partial charge in [0.2, 0.25) is 0 Å². The minimum absolute atomic E-state index is 0.555. The van der Waals surface area contributed by atoms with Crippen molar-refractivity contribution in [3.05, 3.63) is 53.6 Å². The quantitative estimate of drug-likeness (QED) is 0.864. The number of aromatic nitrogens is 2. The highest BCUT2D eigenvalue weighted by Crippen LogP contribution is 2.19. The van der Waals surface area contributed by atoms with Gasteiger partial charge in [-0.3, -0.25) is 0 Å². The summed E-state index contributed by atoms with van der Waals surface area (Å²) in [5, 5.41) is 0. The predicted molar refractivity (Wildman–Crippen MR) is 79.2 cm³/mol. The minimum Gasteiger partial charge on any atom is -0.330 e. The zero-order valence-electron chi connectivity index (χ0n) is 11.8. The van der Waals surface area contributed by atoms with E-state index in [1.54, 1.807) is 0 Å². The maximum absolute atomic E-state index is 5.56. The highest BCUT2D eigenvalue weighted by atomic mass is 15.0. The van der Waals surface area contributed by atoms with Crippen molar-refractivity contribution in [2.24, 2.45) is 5.73 Å². The van der Waals surface area contributed by atoms with E-state index in [-0.39, 0.29) is 0 Å². The number of imidazole rings is 1. The van der Waals surface area contributed by atoms with E-state index in [4.69, 9.17) is 5.73 Å². The number of benzene rings is 1. The van der Waals surface area contributed by atoms with E-state index >= 15 is 0 Å². The SMILES string of the molecule is CCC(C)c1cncn1Cc1ccc(CCN)cc1. The smallest absolute Gasteiger partial charge is 0.0951 e. The van der Waals surface area contributed by atoms with Crippen LogP contribution in [0.15, 0.2) is 36.8 Å². The first-order valence-electron chi connectivity index (χ1n) is 7.02. The number of hydrogen-bond acceptors (Lipinski definition) is 2. The first kappa shape index (κ1) is 13.8. The monoisotopic (exact) mass is 257 g/mol. The summed E-state index contributed by atoms with van der Waals surface area (Å²) in [6.45, 7) is 6.06. The van der Waals surface area contributed by atoms with E-state index in [2.05, 4.69) is 47.7 Å². The molecule has 1 aromatic heterocycles. The predicted octanol–water partition coefficient (Wildman–Crippen LogP) is 2.95. The maximum atomic E-state index is 5.56. The molecule has 0 aliphatic carbocycles. The van der Waals surface area contributed by atoms with E-state index in [9.17, 15) is 0 Å². The molecule has 1 aromatic carbocycles. The molecule has 0 radical (unpaired) electrons. The molecule has 0 bridgehead atoms. The van der Waals surface area contributed by atoms with Gasteiger partial charge in [0, 0.05) is 18.4 Å². The normalized spacial score (nSPS) is 12.6. The van der Waals surface area contributed by atoms with E-state index in [0.29, 0.717) is 12.5 Å². The van der Waals surface area contributed by atoms with E-state index in [0.717, 1.165) is 19.4 Å². The highest BCUT2D eigenvalue weighted by Gasteiger charge is 2.09. The summed E-state index contributed by atoms with van der Waals surface area (Å²) < 4.78 is 2.24. The molecule has 0 aliphatic heterocycles. The third-order valence-corrected chi connectivity index (χ3v) is 3.67. The van der Waals surface area contributed by atoms with Crippen LogP contribution in [-0.4, -0.2) is 16.1 Å². The van der Waals surface area contributed by atoms with Crippen molar-refractivity contribution in [2.75, 3.05) is 6.54 Å². The Labute approximate surface area is 115 Å². The third-order valence-electron chi connectivity index (χ3n) is 3.67. The Morgan fingerprint density at radius 2 is 1.89 bits per heavy atom. The summed E-state index contributed by atoms with van der Waals surface area (Å²) in [5.41, 5.74) is 9.49. The van der Waals surface area contributed by atoms with Gasteiger partial charge in [-0.05, 0) is 36.4 Å². The maximum Gasteiger partial charge on any atom is 0.0951 e. The highest BCUT2D eigenvalue weighted by molar-refractivity contribution is 5.23. The van der Waals surface area contributed by atoms with Crippen LogP contribution in [-0.2, 0) is 13.0 Å². The van der Waals surface area contributed by atoms with E-state index in [1.165, 1.54) is 16.8 Å². The number of nitrogens with two attached hydrogens (primary N) is 1. The molecule has 102 valence electrons. The third kappa shape index (κ3) is 3.44. The molecule has 0 spiro atoms. The zero-order valence-corrected chi connectivity index (χ0v) is 11.8. The van der Waals surface area contributed by atoms with Gasteiger partial charge in [0.15, 0.2) is 0 Å². The summed E-state index contributed by atoms with van der Waals surface area (Å²) in [4.78, 5) is 4.28. The Morgan fingerprint density at radius 1 is 1.21 bits per heavy atom. The molecule has 1 heterocycles. The summed E-state index contributed by atoms with van der Waals surface area (Å²) >= 11 is 0. The summed E-state index contributed by atoms with van der Waals surface area (Å²) in [7, 11) is 0. The van der Waals surface area contributed by atoms with Gasteiger partial charge in [0.25, 0.3) is 0 Å². The van der Waals surface area contributed by atoms with Crippen molar-refractivity contribution in [3.63, 3.8) is 0 Å². The Bertz CT molecular complexity index is 499. The van der Waals surface area contributed by atoms with Gasteiger partial charge in [-0.25, -0.2) is 4.98 Å². The van der Waals surface area contributed by atoms with Gasteiger partial charge in [-0.1, -0.05) is 38.1 Å². The van der Waals surface area contributed by atoms with Gasteiger partial charge >= 0.3 is 0 Å². The van der Waals surface area contributed by atoms with Crippen LogP contribution < -0.4 is 5.73 Å². The van der Waals surface area contributed by atoms with Crippen molar-refractivity contribution in [3.8, 4) is 0 Å². The summed E-state index contributed by atoms with van der Waals surface area (Å²) in [6, 6.07) is 8.71. The average Bonchev–Trinajstić information content (AvgIpc) is 2.88. The lowest BCUT2D eigenvalue weighted by Crippen LogP contribution is -2.06. The number of rotatable bonds is 6. The van der Waals surface area contributed by atoms with Crippen LogP contribution in [0.3, 0.4) is 0 Å². The molecule has 0 saturated heterocycles. The van der Waals surface area contributed by atoms with Gasteiger partial charge in [0.05, 0.1) is 6.33 Å². The lowest BCUT2D eigenvalue weighted by Gasteiger charge is -2.13. The second kappa shape index (κ2) is 6.53. The first-order valence-corrected chi connectivity index (χ1v) is 7.02. The Hall–Kier alpha value is -1.61. The van der Waals surface area contributed by atoms with Crippen molar-refractivity contribution < 1.29 is 0 Å². The minimum atomic E-state index is 0.555. The first-order chi connectivity index (χ1) is 9.24. The fourth-order valence-corrected chi connectivity index (χ4v) is 2.26. The van der Waals surface area contributed by atoms with Crippen LogP contribution in [0.2, 0.25) is 0 Å². The van der Waals surface area contributed by atoms with Gasteiger partial charge in [0.1, 0.15) is 0 Å². The van der Waals surface area contributed by atoms with Gasteiger partial charge in [-0.2, -0.15) is 0 Å². The molecule has 2 N–H and O–H groups in total. The standard InChI is InChI=1S/C16H23N3/c1-3-13(2)16-10-18-12-19(16)11-15-6-4-14(5-7-15)8-9-17/h4-7,10,12-13H,3,8-9,11,17H2,1-2H3. The Morgan fingerprint density at radius 3 is 2.53 bits per heavy atom. The second-order valence-corrected chi connectivity index (χ2v) is 5.11. The number of hydrogen-bond donors (Lipinski definition) is 1. The van der Waals surface area contributed by atoms with Gasteiger partial charge < -0.3 is 10.3 Å². The molecule has 1 unspecified atom stereocenters. The van der Waals surface area contributed by atoms with Crippen LogP contribution >= 0.6 is 0 Å². The molecule has 19 heavy (non-hydrogen) atoms. The lowest BCUT2D eigenvalue weighted by atomic mass is 10.1. The fraction of sp³-hybridized carbons (Fsp3) is 0.438. The van der Waals surface area contributed by atoms with Gasteiger partial charge in [-0.15, -0.1) is 0 Å². The fourth-order valence-electron chi connectivity index (χ4n) is 2.26. The molecular formula is C16H23N3. The second-order valence-electron chi connectivity index (χ2n) is 5.11. The van der Waals surface area contributed by atoms with Crippen LogP contribution in [0.5, 0.6) is 0 Å². The van der Waals surface area contributed by atoms with Crippen molar-refractivity contribution >= 4 is 0 Å². The molecule has 1 atom stereocenters. The molecule has 0 amide bonds. The zero-order chi connectivity index (χ0) is 13.7. The lowest BCUT2D eigenvalue weighted by molar-refractivity contribution is 0.640. The van der Waals surface area contributed by atoms with E-state index in [1.807, 2.05) is 12.5 Å². The number of nitrogens with zero attached hydrogens (tertiary/aromatic N) is 2. The molecule has 2 aromatic rings. The van der Waals surface area contributed by atoms with Crippen LogP contribution in [0.1, 0.15) is 43.0 Å². The molecule has 0 fully saturated rings. The molecule has 3 heteroatoms.